The van der Waals surface area contributed by atoms with E-state index in [2.05, 4.69) is 0 Å². The number of ether oxygens (including phenoxy) is 2. The third kappa shape index (κ3) is 2.50. The van der Waals surface area contributed by atoms with Crippen molar-refractivity contribution in [2.24, 2.45) is 0 Å². The summed E-state index contributed by atoms with van der Waals surface area (Å²) in [6.07, 6.45) is -0.238. The quantitative estimate of drug-likeness (QED) is 0.756. The Hall–Kier alpha value is -1.33. The van der Waals surface area contributed by atoms with Gasteiger partial charge >= 0.3 is 0 Å². The Kier molecular flexibility index (Phi) is 3.81. The van der Waals surface area contributed by atoms with Crippen molar-refractivity contribution in [2.75, 3.05) is 25.9 Å². The second-order valence-corrected chi connectivity index (χ2v) is 3.70. The second-order valence-electron chi connectivity index (χ2n) is 3.70. The molecule has 1 radical (unpaired) electrons. The minimum absolute atomic E-state index is 0.170. The number of para-hydroxylation sites is 2. The van der Waals surface area contributed by atoms with Crippen LogP contribution in [0.25, 0.3) is 0 Å². The maximum atomic E-state index is 12.9. The van der Waals surface area contributed by atoms with Crippen molar-refractivity contribution in [3.8, 4) is 5.75 Å². The van der Waals surface area contributed by atoms with Crippen LogP contribution >= 0.6 is 0 Å². The molecule has 0 bridgehead atoms. The van der Waals surface area contributed by atoms with Gasteiger partial charge in [0.15, 0.2) is 0 Å². The molecule has 0 aliphatic carbocycles. The van der Waals surface area contributed by atoms with Crippen molar-refractivity contribution < 1.29 is 18.7 Å². The number of rotatable bonds is 4. The van der Waals surface area contributed by atoms with E-state index in [1.807, 2.05) is 24.3 Å². The van der Waals surface area contributed by atoms with E-state index < -0.39 is 6.36 Å². The van der Waals surface area contributed by atoms with E-state index in [0.29, 0.717) is 5.75 Å². The highest BCUT2D eigenvalue weighted by molar-refractivity contribution is 5.57. The maximum Gasteiger partial charge on any atom is 0.270 e. The van der Waals surface area contributed by atoms with Crippen LogP contribution in [0.3, 0.4) is 0 Å². The maximum absolute atomic E-state index is 12.9. The smallest absolute Gasteiger partial charge is 0.270 e. The molecule has 17 heavy (non-hydrogen) atoms. The zero-order valence-electron chi connectivity index (χ0n) is 9.85. The Morgan fingerprint density at radius 1 is 1.35 bits per heavy atom. The van der Waals surface area contributed by atoms with E-state index in [9.17, 15) is 4.39 Å². The molecule has 93 valence electrons. The van der Waals surface area contributed by atoms with Crippen molar-refractivity contribution in [1.82, 2.24) is 0 Å². The van der Waals surface area contributed by atoms with Gasteiger partial charge in [0.2, 0.25) is 0 Å². The summed E-state index contributed by atoms with van der Waals surface area (Å²) in [6, 6.07) is 7.26. The molecule has 0 amide bonds. The van der Waals surface area contributed by atoms with E-state index in [4.69, 9.17) is 14.3 Å². The Bertz CT molecular complexity index is 375. The van der Waals surface area contributed by atoms with Crippen molar-refractivity contribution in [3.05, 3.63) is 30.6 Å². The summed E-state index contributed by atoms with van der Waals surface area (Å²) < 4.78 is 23.0. The van der Waals surface area contributed by atoms with Crippen LogP contribution < -0.4 is 9.80 Å². The number of nitrogens with zero attached hydrogens (tertiary/aromatic N) is 1. The fraction of sp³-hybridized carbons (Fsp3) is 0.417. The lowest BCUT2D eigenvalue weighted by molar-refractivity contribution is 0.0972. The van der Waals surface area contributed by atoms with Crippen LogP contribution in [-0.2, 0) is 9.57 Å². The molecular formula is C12H15FNO3. The molecule has 1 fully saturated rings. The fourth-order valence-corrected chi connectivity index (χ4v) is 1.90. The fourth-order valence-electron chi connectivity index (χ4n) is 1.90. The van der Waals surface area contributed by atoms with E-state index in [-0.39, 0.29) is 19.1 Å². The molecule has 0 aromatic heterocycles. The van der Waals surface area contributed by atoms with E-state index in [1.165, 1.54) is 0 Å². The summed E-state index contributed by atoms with van der Waals surface area (Å²) in [5.41, 5.74) is 0.765. The molecule has 1 unspecified atom stereocenters. The molecule has 1 saturated heterocycles. The van der Waals surface area contributed by atoms with Crippen molar-refractivity contribution in [2.45, 2.75) is 12.5 Å². The monoisotopic (exact) mass is 240 g/mol. The Morgan fingerprint density at radius 3 is 2.71 bits per heavy atom. The van der Waals surface area contributed by atoms with Gasteiger partial charge < -0.3 is 9.47 Å². The number of methoxy groups -OCH3 is 1. The Balaban J connectivity index is 2.22. The highest BCUT2D eigenvalue weighted by Gasteiger charge is 2.33. The number of hydrogen-bond donors (Lipinski definition) is 0. The molecule has 1 aromatic carbocycles. The summed E-state index contributed by atoms with van der Waals surface area (Å²) in [7, 11) is 3.13. The molecule has 1 aromatic rings. The summed E-state index contributed by atoms with van der Waals surface area (Å²) in [4.78, 5) is 5.30. The van der Waals surface area contributed by atoms with Crippen molar-refractivity contribution in [1.29, 1.82) is 0 Å². The first kappa shape index (κ1) is 12.1. The van der Waals surface area contributed by atoms with E-state index >= 15 is 0 Å². The van der Waals surface area contributed by atoms with Crippen LogP contribution in [0.5, 0.6) is 5.75 Å². The third-order valence-electron chi connectivity index (χ3n) is 2.68. The lowest BCUT2D eigenvalue weighted by atomic mass is 10.2. The third-order valence-corrected chi connectivity index (χ3v) is 2.68. The molecule has 1 heterocycles. The van der Waals surface area contributed by atoms with Crippen LogP contribution in [0.2, 0.25) is 0 Å². The van der Waals surface area contributed by atoms with Crippen molar-refractivity contribution in [3.63, 3.8) is 0 Å². The van der Waals surface area contributed by atoms with Gasteiger partial charge in [0, 0.05) is 6.42 Å². The molecule has 5 heteroatoms. The average Bonchev–Trinajstić information content (AvgIpc) is 2.77. The van der Waals surface area contributed by atoms with Gasteiger partial charge in [0.25, 0.3) is 6.36 Å². The van der Waals surface area contributed by atoms with Gasteiger partial charge in [-0.3, -0.25) is 4.84 Å². The number of anilines is 1. The summed E-state index contributed by atoms with van der Waals surface area (Å²) in [5.74, 6) is 0.682. The average molecular weight is 240 g/mol. The lowest BCUT2D eigenvalue weighted by Crippen LogP contribution is -2.35. The van der Waals surface area contributed by atoms with E-state index in [1.54, 1.807) is 19.3 Å². The normalized spacial score (nSPS) is 20.5. The standard InChI is InChI=1S/C12H15FNO3/c1-15-11-6-4-3-5-10(11)14(16-2)9-7-12(13)17-8-9/h3-6,9H,7-8H2,1-2H3. The van der Waals surface area contributed by atoms with Gasteiger partial charge in [0.05, 0.1) is 26.9 Å². The Labute approximate surface area is 99.8 Å². The molecule has 2 rings (SSSR count). The highest BCUT2D eigenvalue weighted by atomic mass is 19.1. The van der Waals surface area contributed by atoms with E-state index in [0.717, 1.165) is 5.69 Å². The van der Waals surface area contributed by atoms with Crippen molar-refractivity contribution >= 4 is 5.69 Å². The molecule has 0 spiro atoms. The molecular weight excluding hydrogens is 225 g/mol. The molecule has 1 aliphatic rings. The summed E-state index contributed by atoms with van der Waals surface area (Å²) in [6.45, 7) is 0.276. The number of hydrogen-bond acceptors (Lipinski definition) is 4. The lowest BCUT2D eigenvalue weighted by Gasteiger charge is -2.28. The predicted molar refractivity (Wildman–Crippen MR) is 61.2 cm³/mol. The number of benzene rings is 1. The zero-order chi connectivity index (χ0) is 12.3. The first-order chi connectivity index (χ1) is 8.26. The summed E-state index contributed by atoms with van der Waals surface area (Å²) in [5, 5.41) is 1.62. The molecule has 0 N–H and O–H groups in total. The van der Waals surface area contributed by atoms with Crippen LogP contribution in [0.1, 0.15) is 6.42 Å². The summed E-state index contributed by atoms with van der Waals surface area (Å²) >= 11 is 0. The zero-order valence-corrected chi connectivity index (χ0v) is 9.85. The molecule has 1 atom stereocenters. The topological polar surface area (TPSA) is 30.9 Å². The van der Waals surface area contributed by atoms with Gasteiger partial charge in [-0.05, 0) is 12.1 Å². The number of halogens is 1. The van der Waals surface area contributed by atoms with Crippen LogP contribution in [0, 0.1) is 6.36 Å². The minimum Gasteiger partial charge on any atom is -0.494 e. The van der Waals surface area contributed by atoms with Crippen LogP contribution in [-0.4, -0.2) is 26.9 Å². The molecule has 0 saturated carbocycles. The van der Waals surface area contributed by atoms with Gasteiger partial charge in [0.1, 0.15) is 11.4 Å². The predicted octanol–water partition coefficient (Wildman–Crippen LogP) is 2.31. The highest BCUT2D eigenvalue weighted by Crippen LogP contribution is 2.34. The molecule has 4 nitrogen and oxygen atoms in total. The number of hydroxylamine groups is 1. The largest absolute Gasteiger partial charge is 0.494 e. The first-order valence-corrected chi connectivity index (χ1v) is 5.36. The SMILES string of the molecule is COc1ccccc1N(OC)C1CO[C](F)C1. The first-order valence-electron chi connectivity index (χ1n) is 5.36. The van der Waals surface area contributed by atoms with Gasteiger partial charge in [-0.25, -0.2) is 9.45 Å². The van der Waals surface area contributed by atoms with Gasteiger partial charge in [-0.2, -0.15) is 0 Å². The second kappa shape index (κ2) is 5.33. The molecule has 1 aliphatic heterocycles. The minimum atomic E-state index is -0.452. The van der Waals surface area contributed by atoms with Crippen LogP contribution in [0.15, 0.2) is 24.3 Å². The van der Waals surface area contributed by atoms with Gasteiger partial charge in [-0.15, -0.1) is 0 Å². The van der Waals surface area contributed by atoms with Gasteiger partial charge in [-0.1, -0.05) is 12.1 Å². The van der Waals surface area contributed by atoms with Crippen LogP contribution in [0.4, 0.5) is 10.1 Å². The Morgan fingerprint density at radius 2 is 2.12 bits per heavy atom.